The van der Waals surface area contributed by atoms with Gasteiger partial charge in [-0.1, -0.05) is 49.5 Å². The molecule has 0 heterocycles. The Kier molecular flexibility index (Phi) is 9.95. The molecule has 6 unspecified atom stereocenters. The van der Waals surface area contributed by atoms with Crippen molar-refractivity contribution in [3.05, 3.63) is 0 Å². The van der Waals surface area contributed by atoms with Gasteiger partial charge in [0.2, 0.25) is 0 Å². The maximum Gasteiger partial charge on any atom is 0.312 e. The second-order valence-corrected chi connectivity index (χ2v) is 14.9. The van der Waals surface area contributed by atoms with Crippen molar-refractivity contribution in [3.8, 4) is 0 Å². The van der Waals surface area contributed by atoms with Gasteiger partial charge in [-0.25, -0.2) is 0 Å². The summed E-state index contributed by atoms with van der Waals surface area (Å²) in [6.07, 6.45) is 10.1. The Morgan fingerprint density at radius 1 is 0.757 bits per heavy atom. The molecule has 0 N–H and O–H groups in total. The van der Waals surface area contributed by atoms with Gasteiger partial charge in [0.1, 0.15) is 11.2 Å². The maximum atomic E-state index is 12.5. The van der Waals surface area contributed by atoms with E-state index >= 15 is 0 Å². The van der Waals surface area contributed by atoms with Crippen molar-refractivity contribution in [2.75, 3.05) is 0 Å². The number of ether oxygens (including phenoxy) is 2. The topological polar surface area (TPSA) is 52.6 Å². The highest BCUT2D eigenvalue weighted by atomic mass is 16.6. The van der Waals surface area contributed by atoms with E-state index in [0.29, 0.717) is 11.8 Å². The van der Waals surface area contributed by atoms with Gasteiger partial charge in [0.25, 0.3) is 0 Å². The first-order valence-corrected chi connectivity index (χ1v) is 14.3. The Morgan fingerprint density at radius 2 is 1.27 bits per heavy atom. The molecule has 0 aliphatic heterocycles. The standard InChI is InChI=1S/C17H30O2.C14H24O2.2CH4/c1-8-14(2,3)13(18)19-17(7)11-12-9-10-16(17,6)15(12,4)5;1-5-13(2,3)12(15)16-14(4)9-10-6-7-11(14)8-10;;/h12H,8-11H2,1-7H3;10-11H,5-9H2,1-4H3;2*1H4. The van der Waals surface area contributed by atoms with Crippen molar-refractivity contribution in [2.24, 2.45) is 39.4 Å². The summed E-state index contributed by atoms with van der Waals surface area (Å²) in [5, 5.41) is 0. The Balaban J connectivity index is 0.000000355. The number of hydrogen-bond acceptors (Lipinski definition) is 4. The largest absolute Gasteiger partial charge is 0.459 e. The van der Waals surface area contributed by atoms with E-state index in [0.717, 1.165) is 31.6 Å². The van der Waals surface area contributed by atoms with Gasteiger partial charge in [0.15, 0.2) is 0 Å². The van der Waals surface area contributed by atoms with Crippen LogP contribution in [0.2, 0.25) is 0 Å². The molecule has 0 aromatic rings. The van der Waals surface area contributed by atoms with Crippen LogP contribution in [0.3, 0.4) is 0 Å². The van der Waals surface area contributed by atoms with E-state index in [-0.39, 0.29) is 59.7 Å². The lowest BCUT2D eigenvalue weighted by atomic mass is 9.65. The van der Waals surface area contributed by atoms with Crippen LogP contribution in [-0.4, -0.2) is 23.1 Å². The lowest BCUT2D eigenvalue weighted by molar-refractivity contribution is -0.185. The Hall–Kier alpha value is -1.06. The van der Waals surface area contributed by atoms with E-state index in [1.165, 1.54) is 32.1 Å². The number of carbonyl (C=O) groups excluding carboxylic acids is 2. The summed E-state index contributed by atoms with van der Waals surface area (Å²) in [4.78, 5) is 24.6. The summed E-state index contributed by atoms with van der Waals surface area (Å²) < 4.78 is 11.9. The van der Waals surface area contributed by atoms with Gasteiger partial charge >= 0.3 is 11.9 Å². The molecule has 0 aromatic heterocycles. The molecule has 4 aliphatic carbocycles. The molecule has 4 heteroatoms. The van der Waals surface area contributed by atoms with Gasteiger partial charge in [0.05, 0.1) is 10.8 Å². The predicted octanol–water partition coefficient (Wildman–Crippen LogP) is 9.39. The van der Waals surface area contributed by atoms with Gasteiger partial charge in [0, 0.05) is 5.41 Å². The van der Waals surface area contributed by atoms with Gasteiger partial charge in [-0.15, -0.1) is 0 Å². The van der Waals surface area contributed by atoms with Gasteiger partial charge < -0.3 is 9.47 Å². The average molecular weight is 523 g/mol. The summed E-state index contributed by atoms with van der Waals surface area (Å²) in [6, 6.07) is 0. The fraction of sp³-hybridized carbons (Fsp3) is 0.939. The number of esters is 2. The Morgan fingerprint density at radius 3 is 1.62 bits per heavy atom. The van der Waals surface area contributed by atoms with Crippen molar-refractivity contribution in [2.45, 2.75) is 160 Å². The van der Waals surface area contributed by atoms with Crippen molar-refractivity contribution >= 4 is 11.9 Å². The van der Waals surface area contributed by atoms with Crippen molar-refractivity contribution in [1.82, 2.24) is 0 Å². The molecule has 4 rings (SSSR count). The van der Waals surface area contributed by atoms with Gasteiger partial charge in [-0.05, 0) is 122 Å². The summed E-state index contributed by atoms with van der Waals surface area (Å²) in [6.45, 7) is 23.4. The molecule has 0 radical (unpaired) electrons. The Labute approximate surface area is 230 Å². The van der Waals surface area contributed by atoms with Crippen LogP contribution in [0.15, 0.2) is 0 Å². The SMILES string of the molecule is C.C.CCC(C)(C)C(=O)OC1(C)CC2CCC1(C)C2(C)C.CCC(C)(C)C(=O)OC1(C)CC2CCC1C2. The quantitative estimate of drug-likeness (QED) is 0.326. The summed E-state index contributed by atoms with van der Waals surface area (Å²) in [7, 11) is 0. The number of fused-ring (bicyclic) bond motifs is 4. The monoisotopic (exact) mass is 522 g/mol. The second-order valence-electron chi connectivity index (χ2n) is 14.9. The highest BCUT2D eigenvalue weighted by Gasteiger charge is 2.69. The third kappa shape index (κ3) is 5.65. The van der Waals surface area contributed by atoms with E-state index in [2.05, 4.69) is 41.5 Å². The summed E-state index contributed by atoms with van der Waals surface area (Å²) in [5.41, 5.74) is -0.756. The molecule has 0 amide bonds. The number of hydrogen-bond donors (Lipinski definition) is 0. The molecular weight excluding hydrogens is 460 g/mol. The van der Waals surface area contributed by atoms with Crippen LogP contribution in [0.1, 0.15) is 149 Å². The minimum absolute atomic E-state index is 0. The molecule has 4 bridgehead atoms. The van der Waals surface area contributed by atoms with E-state index < -0.39 is 0 Å². The molecule has 0 saturated heterocycles. The molecule has 0 spiro atoms. The lowest BCUT2D eigenvalue weighted by Gasteiger charge is -2.46. The molecule has 37 heavy (non-hydrogen) atoms. The minimum atomic E-state index is -0.370. The predicted molar refractivity (Wildman–Crippen MR) is 155 cm³/mol. The first-order chi connectivity index (χ1) is 15.9. The number of rotatable bonds is 6. The highest BCUT2D eigenvalue weighted by molar-refractivity contribution is 5.77. The third-order valence-electron chi connectivity index (χ3n) is 11.9. The van der Waals surface area contributed by atoms with Crippen molar-refractivity contribution < 1.29 is 19.1 Å². The summed E-state index contributed by atoms with van der Waals surface area (Å²) >= 11 is 0. The second kappa shape index (κ2) is 10.8. The first-order valence-electron chi connectivity index (χ1n) is 14.3. The molecule has 6 atom stereocenters. The molecule has 4 aliphatic rings. The molecule has 0 aromatic carbocycles. The van der Waals surface area contributed by atoms with Crippen LogP contribution in [0.25, 0.3) is 0 Å². The fourth-order valence-electron chi connectivity index (χ4n) is 7.41. The highest BCUT2D eigenvalue weighted by Crippen LogP contribution is 2.70. The van der Waals surface area contributed by atoms with E-state index in [1.807, 2.05) is 34.6 Å². The first kappa shape index (κ1) is 34.0. The lowest BCUT2D eigenvalue weighted by Crippen LogP contribution is -2.49. The molecule has 4 fully saturated rings. The van der Waals surface area contributed by atoms with Crippen LogP contribution in [0.5, 0.6) is 0 Å². The fourth-order valence-corrected chi connectivity index (χ4v) is 7.41. The van der Waals surface area contributed by atoms with Gasteiger partial charge in [-0.2, -0.15) is 0 Å². The van der Waals surface area contributed by atoms with Crippen LogP contribution < -0.4 is 0 Å². The molecular formula is C33H62O4. The summed E-state index contributed by atoms with van der Waals surface area (Å²) in [5.74, 6) is 2.09. The average Bonchev–Trinajstić information content (AvgIpc) is 3.44. The van der Waals surface area contributed by atoms with E-state index in [1.54, 1.807) is 0 Å². The smallest absolute Gasteiger partial charge is 0.312 e. The van der Waals surface area contributed by atoms with Crippen LogP contribution in [0, 0.1) is 39.4 Å². The zero-order valence-corrected chi connectivity index (χ0v) is 24.7. The van der Waals surface area contributed by atoms with Crippen molar-refractivity contribution in [1.29, 1.82) is 0 Å². The number of carbonyl (C=O) groups is 2. The maximum absolute atomic E-state index is 12.5. The van der Waals surface area contributed by atoms with E-state index in [4.69, 9.17) is 9.47 Å². The zero-order chi connectivity index (χ0) is 26.7. The minimum Gasteiger partial charge on any atom is -0.459 e. The van der Waals surface area contributed by atoms with Gasteiger partial charge in [-0.3, -0.25) is 9.59 Å². The van der Waals surface area contributed by atoms with E-state index in [9.17, 15) is 9.59 Å². The molecule has 4 nitrogen and oxygen atoms in total. The third-order valence-corrected chi connectivity index (χ3v) is 11.9. The zero-order valence-electron chi connectivity index (χ0n) is 24.7. The Bertz CT molecular complexity index is 826. The van der Waals surface area contributed by atoms with Crippen LogP contribution in [-0.2, 0) is 19.1 Å². The van der Waals surface area contributed by atoms with Crippen molar-refractivity contribution in [3.63, 3.8) is 0 Å². The molecule has 4 saturated carbocycles. The molecule has 218 valence electrons. The van der Waals surface area contributed by atoms with Crippen LogP contribution >= 0.6 is 0 Å². The normalized spacial score (nSPS) is 37.1. The van der Waals surface area contributed by atoms with Crippen LogP contribution in [0.4, 0.5) is 0 Å².